The normalized spacial score (nSPS) is 15.3. The van der Waals surface area contributed by atoms with Gasteiger partial charge in [-0.25, -0.2) is 4.79 Å². The highest BCUT2D eigenvalue weighted by Gasteiger charge is 2.22. The molecule has 1 aromatic rings. The second-order valence-electron chi connectivity index (χ2n) is 4.42. The Morgan fingerprint density at radius 3 is 2.63 bits per heavy atom. The van der Waals surface area contributed by atoms with Gasteiger partial charge < -0.3 is 9.64 Å². The number of carbonyl (C=O) groups is 2. The molecule has 3 amide bonds. The molecule has 102 valence electrons. The van der Waals surface area contributed by atoms with Crippen LogP contribution in [0.4, 0.5) is 4.79 Å². The number of ether oxygens (including phenoxy) is 1. The fourth-order valence-electron chi connectivity index (χ4n) is 2.00. The van der Waals surface area contributed by atoms with E-state index in [1.807, 2.05) is 31.2 Å². The van der Waals surface area contributed by atoms with E-state index in [1.54, 1.807) is 4.90 Å². The molecule has 1 aliphatic rings. The molecule has 5 heteroatoms. The number of nitrogens with zero attached hydrogens (tertiary/aromatic N) is 1. The highest BCUT2D eigenvalue weighted by molar-refractivity contribution is 5.96. The van der Waals surface area contributed by atoms with Crippen LogP contribution in [0.5, 0.6) is 5.75 Å². The topological polar surface area (TPSA) is 58.6 Å². The smallest absolute Gasteiger partial charge is 0.324 e. The number of urea groups is 1. The molecule has 1 aromatic carbocycles. The van der Waals surface area contributed by atoms with Crippen LogP contribution >= 0.6 is 0 Å². The van der Waals surface area contributed by atoms with Crippen molar-refractivity contribution in [2.75, 3.05) is 19.7 Å². The van der Waals surface area contributed by atoms with Gasteiger partial charge in [-0.15, -0.1) is 0 Å². The number of hydrogen-bond donors (Lipinski definition) is 1. The summed E-state index contributed by atoms with van der Waals surface area (Å²) in [7, 11) is 0. The summed E-state index contributed by atoms with van der Waals surface area (Å²) in [6, 6.07) is 7.56. The molecule has 19 heavy (non-hydrogen) atoms. The summed E-state index contributed by atoms with van der Waals surface area (Å²) in [5, 5.41) is 2.32. The zero-order valence-corrected chi connectivity index (χ0v) is 11.0. The maximum atomic E-state index is 11.5. The van der Waals surface area contributed by atoms with Crippen molar-refractivity contribution >= 4 is 11.9 Å². The first-order chi connectivity index (χ1) is 9.19. The molecule has 1 heterocycles. The number of nitrogens with one attached hydrogen (secondary N) is 1. The third-order valence-electron chi connectivity index (χ3n) is 3.05. The fraction of sp³-hybridized carbons (Fsp3) is 0.429. The Morgan fingerprint density at radius 1 is 1.26 bits per heavy atom. The molecule has 0 aliphatic carbocycles. The molecule has 0 spiro atoms. The lowest BCUT2D eigenvalue weighted by Gasteiger charge is -2.26. The van der Waals surface area contributed by atoms with E-state index in [0.717, 1.165) is 17.7 Å². The predicted octanol–water partition coefficient (Wildman–Crippen LogP) is 1.57. The van der Waals surface area contributed by atoms with Crippen LogP contribution in [0.2, 0.25) is 0 Å². The molecular formula is C14H18N2O3. The van der Waals surface area contributed by atoms with Gasteiger partial charge in [0.1, 0.15) is 5.75 Å². The monoisotopic (exact) mass is 262 g/mol. The molecule has 0 aromatic heterocycles. The molecule has 1 fully saturated rings. The fourth-order valence-corrected chi connectivity index (χ4v) is 2.00. The van der Waals surface area contributed by atoms with Gasteiger partial charge in [-0.1, -0.05) is 12.1 Å². The molecule has 2 rings (SSSR count). The number of carbonyl (C=O) groups excluding carboxylic acids is 2. The average Bonchev–Trinajstić information content (AvgIpc) is 2.40. The summed E-state index contributed by atoms with van der Waals surface area (Å²) in [4.78, 5) is 24.2. The Kier molecular flexibility index (Phi) is 4.39. The number of hydrogen-bond acceptors (Lipinski definition) is 3. The number of benzene rings is 1. The standard InChI is InChI=1S/C14H18N2O3/c1-2-19-12-5-3-11(4-6-12)7-9-16-10-8-13(17)15-14(16)18/h3-6H,2,7-10H2,1H3,(H,15,17,18). The Morgan fingerprint density at radius 2 is 2.00 bits per heavy atom. The zero-order chi connectivity index (χ0) is 13.7. The lowest BCUT2D eigenvalue weighted by molar-refractivity contribution is -0.121. The maximum absolute atomic E-state index is 11.5. The number of rotatable bonds is 5. The highest BCUT2D eigenvalue weighted by Crippen LogP contribution is 2.13. The quantitative estimate of drug-likeness (QED) is 0.876. The van der Waals surface area contributed by atoms with Crippen molar-refractivity contribution in [3.8, 4) is 5.75 Å². The maximum Gasteiger partial charge on any atom is 0.324 e. The third-order valence-corrected chi connectivity index (χ3v) is 3.05. The van der Waals surface area contributed by atoms with Crippen molar-refractivity contribution in [2.24, 2.45) is 0 Å². The molecule has 0 saturated carbocycles. The minimum absolute atomic E-state index is 0.192. The highest BCUT2D eigenvalue weighted by atomic mass is 16.5. The van der Waals surface area contributed by atoms with Crippen molar-refractivity contribution in [2.45, 2.75) is 19.8 Å². The van der Waals surface area contributed by atoms with Crippen molar-refractivity contribution in [3.63, 3.8) is 0 Å². The van der Waals surface area contributed by atoms with E-state index in [4.69, 9.17) is 4.74 Å². The average molecular weight is 262 g/mol. The first-order valence-corrected chi connectivity index (χ1v) is 6.49. The second kappa shape index (κ2) is 6.22. The Hall–Kier alpha value is -2.04. The van der Waals surface area contributed by atoms with Gasteiger partial charge in [0.25, 0.3) is 0 Å². The van der Waals surface area contributed by atoms with Crippen LogP contribution in [-0.2, 0) is 11.2 Å². The lowest BCUT2D eigenvalue weighted by Crippen LogP contribution is -2.49. The largest absolute Gasteiger partial charge is 0.494 e. The van der Waals surface area contributed by atoms with E-state index in [9.17, 15) is 9.59 Å². The molecule has 1 N–H and O–H groups in total. The van der Waals surface area contributed by atoms with Gasteiger partial charge in [-0.05, 0) is 31.0 Å². The van der Waals surface area contributed by atoms with Crippen LogP contribution in [0.3, 0.4) is 0 Å². The van der Waals surface area contributed by atoms with Gasteiger partial charge in [-0.3, -0.25) is 10.1 Å². The van der Waals surface area contributed by atoms with Crippen molar-refractivity contribution in [3.05, 3.63) is 29.8 Å². The predicted molar refractivity (Wildman–Crippen MR) is 71.0 cm³/mol. The molecule has 5 nitrogen and oxygen atoms in total. The molecule has 0 bridgehead atoms. The SMILES string of the molecule is CCOc1ccc(CCN2CCC(=O)NC2=O)cc1. The van der Waals surface area contributed by atoms with Crippen LogP contribution in [0.25, 0.3) is 0 Å². The van der Waals surface area contributed by atoms with Gasteiger partial charge >= 0.3 is 6.03 Å². The van der Waals surface area contributed by atoms with Crippen LogP contribution in [-0.4, -0.2) is 36.5 Å². The van der Waals surface area contributed by atoms with E-state index in [0.29, 0.717) is 26.1 Å². The number of amides is 3. The molecule has 1 saturated heterocycles. The Labute approximate surface area is 112 Å². The second-order valence-corrected chi connectivity index (χ2v) is 4.42. The molecular weight excluding hydrogens is 244 g/mol. The van der Waals surface area contributed by atoms with Crippen molar-refractivity contribution in [1.29, 1.82) is 0 Å². The van der Waals surface area contributed by atoms with E-state index >= 15 is 0 Å². The van der Waals surface area contributed by atoms with Gasteiger partial charge in [-0.2, -0.15) is 0 Å². The molecule has 0 unspecified atom stereocenters. The lowest BCUT2D eigenvalue weighted by atomic mass is 10.1. The summed E-state index contributed by atoms with van der Waals surface area (Å²) in [5.41, 5.74) is 1.15. The van der Waals surface area contributed by atoms with E-state index in [1.165, 1.54) is 0 Å². The van der Waals surface area contributed by atoms with Crippen LogP contribution in [0.1, 0.15) is 18.9 Å². The summed E-state index contributed by atoms with van der Waals surface area (Å²) in [5.74, 6) is 0.662. The van der Waals surface area contributed by atoms with E-state index in [2.05, 4.69) is 5.32 Å². The minimum atomic E-state index is -0.290. The first kappa shape index (κ1) is 13.4. The summed E-state index contributed by atoms with van der Waals surface area (Å²) < 4.78 is 5.37. The molecule has 1 aliphatic heterocycles. The number of imide groups is 1. The van der Waals surface area contributed by atoms with E-state index < -0.39 is 0 Å². The third kappa shape index (κ3) is 3.71. The van der Waals surface area contributed by atoms with Crippen LogP contribution in [0.15, 0.2) is 24.3 Å². The van der Waals surface area contributed by atoms with Gasteiger partial charge in [0.05, 0.1) is 6.61 Å². The minimum Gasteiger partial charge on any atom is -0.494 e. The Bertz CT molecular complexity index is 456. The summed E-state index contributed by atoms with van der Waals surface area (Å²) in [6.45, 7) is 3.72. The van der Waals surface area contributed by atoms with Crippen LogP contribution in [0, 0.1) is 0 Å². The van der Waals surface area contributed by atoms with Gasteiger partial charge in [0.2, 0.25) is 5.91 Å². The van der Waals surface area contributed by atoms with Gasteiger partial charge in [0.15, 0.2) is 0 Å². The molecule has 0 radical (unpaired) electrons. The summed E-state index contributed by atoms with van der Waals surface area (Å²) >= 11 is 0. The van der Waals surface area contributed by atoms with E-state index in [-0.39, 0.29) is 11.9 Å². The Balaban J connectivity index is 1.84. The van der Waals surface area contributed by atoms with Gasteiger partial charge in [0, 0.05) is 19.5 Å². The first-order valence-electron chi connectivity index (χ1n) is 6.49. The van der Waals surface area contributed by atoms with Crippen molar-refractivity contribution < 1.29 is 14.3 Å². The van der Waals surface area contributed by atoms with Crippen molar-refractivity contribution in [1.82, 2.24) is 10.2 Å². The zero-order valence-electron chi connectivity index (χ0n) is 11.0. The molecule has 0 atom stereocenters. The van der Waals surface area contributed by atoms with Crippen LogP contribution < -0.4 is 10.1 Å². The summed E-state index contributed by atoms with van der Waals surface area (Å²) in [6.07, 6.45) is 1.16.